The number of amides is 2. The zero-order chi connectivity index (χ0) is 10.6. The number of alkyl halides is 1. The van der Waals surface area contributed by atoms with E-state index in [0.717, 1.165) is 0 Å². The smallest absolute Gasteiger partial charge is 0.242 e. The first kappa shape index (κ1) is 10.9. The summed E-state index contributed by atoms with van der Waals surface area (Å²) in [6.45, 7) is 2.33. The van der Waals surface area contributed by atoms with Crippen molar-refractivity contribution in [3.8, 4) is 0 Å². The minimum absolute atomic E-state index is 0.0145. The van der Waals surface area contributed by atoms with E-state index in [2.05, 4.69) is 5.32 Å². The molecule has 1 rings (SSSR count). The molecule has 0 saturated carbocycles. The van der Waals surface area contributed by atoms with Gasteiger partial charge in [-0.25, -0.2) is 4.39 Å². The summed E-state index contributed by atoms with van der Waals surface area (Å²) < 4.78 is 12.7. The van der Waals surface area contributed by atoms with Gasteiger partial charge in [0.2, 0.25) is 11.8 Å². The molecule has 0 aliphatic carbocycles. The fourth-order valence-corrected chi connectivity index (χ4v) is 1.36. The molecule has 1 fully saturated rings. The second-order valence-electron chi connectivity index (χ2n) is 3.36. The van der Waals surface area contributed by atoms with Gasteiger partial charge in [0.25, 0.3) is 0 Å². The van der Waals surface area contributed by atoms with Gasteiger partial charge >= 0.3 is 0 Å². The molecule has 0 aromatic heterocycles. The molecule has 80 valence electrons. The summed E-state index contributed by atoms with van der Waals surface area (Å²) in [5.41, 5.74) is 0. The summed E-state index contributed by atoms with van der Waals surface area (Å²) in [5, 5.41) is 2.47. The van der Waals surface area contributed by atoms with Gasteiger partial charge in [0.15, 0.2) is 0 Å². The number of halogens is 1. The molecule has 4 nitrogen and oxygen atoms in total. The molecule has 0 bridgehead atoms. The number of carbonyl (C=O) groups is 2. The van der Waals surface area contributed by atoms with Crippen LogP contribution in [-0.2, 0) is 9.59 Å². The lowest BCUT2D eigenvalue weighted by molar-refractivity contribution is -0.132. The molecule has 0 aromatic carbocycles. The number of hydrogen-bond acceptors (Lipinski definition) is 2. The van der Waals surface area contributed by atoms with Crippen LogP contribution in [0.2, 0.25) is 0 Å². The minimum atomic E-state index is -0.902. The lowest BCUT2D eigenvalue weighted by Gasteiger charge is -2.15. The van der Waals surface area contributed by atoms with Crippen molar-refractivity contribution in [1.29, 1.82) is 0 Å². The number of carbonyl (C=O) groups excluding carboxylic acids is 2. The normalized spacial score (nSPS) is 21.0. The highest BCUT2D eigenvalue weighted by molar-refractivity contribution is 5.84. The zero-order valence-electron chi connectivity index (χ0n) is 8.25. The predicted octanol–water partition coefficient (Wildman–Crippen LogP) is 0.0830. The average molecular weight is 202 g/mol. The van der Waals surface area contributed by atoms with Crippen LogP contribution in [0, 0.1) is 0 Å². The van der Waals surface area contributed by atoms with Crippen molar-refractivity contribution in [3.63, 3.8) is 0 Å². The highest BCUT2D eigenvalue weighted by atomic mass is 19.1. The molecule has 0 aromatic rings. The van der Waals surface area contributed by atoms with E-state index in [9.17, 15) is 14.0 Å². The molecule has 1 heterocycles. The molecule has 1 aliphatic rings. The van der Waals surface area contributed by atoms with E-state index in [0.29, 0.717) is 19.4 Å². The number of nitrogens with zero attached hydrogens (tertiary/aromatic N) is 1. The van der Waals surface area contributed by atoms with E-state index in [1.807, 2.05) is 0 Å². The first-order valence-electron chi connectivity index (χ1n) is 4.82. The SMILES string of the molecule is CCC(=O)NCC(=O)N1CCC(F)C1. The highest BCUT2D eigenvalue weighted by Gasteiger charge is 2.25. The first-order valence-corrected chi connectivity index (χ1v) is 4.82. The quantitative estimate of drug-likeness (QED) is 0.704. The van der Waals surface area contributed by atoms with Crippen molar-refractivity contribution >= 4 is 11.8 Å². The number of nitrogens with one attached hydrogen (secondary N) is 1. The van der Waals surface area contributed by atoms with Crippen LogP contribution in [0.25, 0.3) is 0 Å². The van der Waals surface area contributed by atoms with Crippen LogP contribution in [0.5, 0.6) is 0 Å². The number of hydrogen-bond donors (Lipinski definition) is 1. The Morgan fingerprint density at radius 1 is 1.57 bits per heavy atom. The summed E-state index contributed by atoms with van der Waals surface area (Å²) in [6, 6.07) is 0. The highest BCUT2D eigenvalue weighted by Crippen LogP contribution is 2.11. The van der Waals surface area contributed by atoms with Crippen LogP contribution in [-0.4, -0.2) is 42.5 Å². The maximum absolute atomic E-state index is 12.7. The van der Waals surface area contributed by atoms with Gasteiger partial charge in [-0.2, -0.15) is 0 Å². The fourth-order valence-electron chi connectivity index (χ4n) is 1.36. The van der Waals surface area contributed by atoms with E-state index in [-0.39, 0.29) is 24.9 Å². The van der Waals surface area contributed by atoms with Gasteiger partial charge in [-0.3, -0.25) is 9.59 Å². The van der Waals surface area contributed by atoms with Gasteiger partial charge in [-0.1, -0.05) is 6.92 Å². The van der Waals surface area contributed by atoms with E-state index < -0.39 is 6.17 Å². The molecule has 1 atom stereocenters. The van der Waals surface area contributed by atoms with Crippen LogP contribution in [0.3, 0.4) is 0 Å². The number of rotatable bonds is 3. The largest absolute Gasteiger partial charge is 0.347 e. The lowest BCUT2D eigenvalue weighted by Crippen LogP contribution is -2.38. The summed E-state index contributed by atoms with van der Waals surface area (Å²) in [6.07, 6.45) is -0.132. The van der Waals surface area contributed by atoms with E-state index >= 15 is 0 Å². The maximum atomic E-state index is 12.7. The second kappa shape index (κ2) is 4.93. The Balaban J connectivity index is 2.25. The van der Waals surface area contributed by atoms with Crippen LogP contribution < -0.4 is 5.32 Å². The Hall–Kier alpha value is -1.13. The third-order valence-corrected chi connectivity index (χ3v) is 2.24. The topological polar surface area (TPSA) is 49.4 Å². The first-order chi connectivity index (χ1) is 6.63. The Morgan fingerprint density at radius 3 is 2.79 bits per heavy atom. The fraction of sp³-hybridized carbons (Fsp3) is 0.778. The van der Waals surface area contributed by atoms with Crippen molar-refractivity contribution in [1.82, 2.24) is 10.2 Å². The summed E-state index contributed by atoms with van der Waals surface area (Å²) in [5.74, 6) is -0.360. The van der Waals surface area contributed by atoms with Gasteiger partial charge in [-0.15, -0.1) is 0 Å². The minimum Gasteiger partial charge on any atom is -0.347 e. The van der Waals surface area contributed by atoms with Crippen LogP contribution in [0.4, 0.5) is 4.39 Å². The molecule has 1 aliphatic heterocycles. The molecule has 1 saturated heterocycles. The predicted molar refractivity (Wildman–Crippen MR) is 49.4 cm³/mol. The van der Waals surface area contributed by atoms with E-state index in [1.54, 1.807) is 6.92 Å². The third-order valence-electron chi connectivity index (χ3n) is 2.24. The van der Waals surface area contributed by atoms with Crippen LogP contribution in [0.1, 0.15) is 19.8 Å². The summed E-state index contributed by atoms with van der Waals surface area (Å²) in [7, 11) is 0. The molecule has 5 heteroatoms. The standard InChI is InChI=1S/C9H15FN2O2/c1-2-8(13)11-5-9(14)12-4-3-7(10)6-12/h7H,2-6H2,1H3,(H,11,13). The Morgan fingerprint density at radius 2 is 2.29 bits per heavy atom. The molecule has 1 unspecified atom stereocenters. The Labute approximate surface area is 82.5 Å². The molecular weight excluding hydrogens is 187 g/mol. The van der Waals surface area contributed by atoms with Gasteiger partial charge < -0.3 is 10.2 Å². The molecule has 1 N–H and O–H groups in total. The van der Waals surface area contributed by atoms with Gasteiger partial charge in [0, 0.05) is 13.0 Å². The molecule has 14 heavy (non-hydrogen) atoms. The molecule has 0 spiro atoms. The molecule has 0 radical (unpaired) electrons. The van der Waals surface area contributed by atoms with Gasteiger partial charge in [0.05, 0.1) is 13.1 Å². The van der Waals surface area contributed by atoms with Crippen molar-refractivity contribution in [2.45, 2.75) is 25.9 Å². The third kappa shape index (κ3) is 2.97. The summed E-state index contributed by atoms with van der Waals surface area (Å²) >= 11 is 0. The summed E-state index contributed by atoms with van der Waals surface area (Å²) in [4.78, 5) is 23.6. The molecule has 2 amide bonds. The number of likely N-dealkylation sites (tertiary alicyclic amines) is 1. The lowest BCUT2D eigenvalue weighted by atomic mass is 10.3. The van der Waals surface area contributed by atoms with E-state index in [4.69, 9.17) is 0 Å². The molecular formula is C9H15FN2O2. The van der Waals surface area contributed by atoms with Crippen molar-refractivity contribution in [2.75, 3.05) is 19.6 Å². The van der Waals surface area contributed by atoms with Crippen LogP contribution in [0.15, 0.2) is 0 Å². The van der Waals surface area contributed by atoms with Gasteiger partial charge in [0.1, 0.15) is 6.17 Å². The average Bonchev–Trinajstić information content (AvgIpc) is 2.60. The van der Waals surface area contributed by atoms with Crippen molar-refractivity contribution in [2.24, 2.45) is 0 Å². The monoisotopic (exact) mass is 202 g/mol. The van der Waals surface area contributed by atoms with Crippen molar-refractivity contribution in [3.05, 3.63) is 0 Å². The van der Waals surface area contributed by atoms with Crippen molar-refractivity contribution < 1.29 is 14.0 Å². The Kier molecular flexibility index (Phi) is 3.85. The van der Waals surface area contributed by atoms with E-state index in [1.165, 1.54) is 4.90 Å². The maximum Gasteiger partial charge on any atom is 0.242 e. The van der Waals surface area contributed by atoms with Gasteiger partial charge in [-0.05, 0) is 6.42 Å². The Bertz CT molecular complexity index is 233. The second-order valence-corrected chi connectivity index (χ2v) is 3.36. The zero-order valence-corrected chi connectivity index (χ0v) is 8.25. The van der Waals surface area contributed by atoms with Crippen LogP contribution >= 0.6 is 0 Å².